The van der Waals surface area contributed by atoms with Crippen molar-refractivity contribution in [2.75, 3.05) is 0 Å². The third kappa shape index (κ3) is 3.21. The fourth-order valence-corrected chi connectivity index (χ4v) is 2.03. The van der Waals surface area contributed by atoms with Crippen LogP contribution in [0.3, 0.4) is 0 Å². The average molecular weight is 278 g/mol. The zero-order chi connectivity index (χ0) is 14.7. The van der Waals surface area contributed by atoms with Crippen LogP contribution in [0.5, 0.6) is 0 Å². The second-order valence-electron chi connectivity index (χ2n) is 4.62. The molecule has 0 radical (unpaired) electrons. The molecule has 2 aromatic rings. The standard InChI is InChI=1S/C14H15FN2O3/c1-2-14(18)11-3-4-16(9-11)8-10-5-12(15)7-13(6-10)17(19)20/h3-7,9,14,18H,2,8H2,1H3. The molecule has 0 fully saturated rings. The van der Waals surface area contributed by atoms with Crippen LogP contribution in [-0.4, -0.2) is 14.6 Å². The van der Waals surface area contributed by atoms with E-state index in [0.29, 0.717) is 18.5 Å². The molecule has 6 heteroatoms. The third-order valence-corrected chi connectivity index (χ3v) is 3.06. The van der Waals surface area contributed by atoms with Gasteiger partial charge >= 0.3 is 0 Å². The van der Waals surface area contributed by atoms with E-state index < -0.39 is 16.8 Å². The van der Waals surface area contributed by atoms with Gasteiger partial charge in [-0.25, -0.2) is 4.39 Å². The molecule has 2 rings (SSSR count). The lowest BCUT2D eigenvalue weighted by Crippen LogP contribution is -2.00. The minimum Gasteiger partial charge on any atom is -0.388 e. The molecule has 0 saturated carbocycles. The minimum atomic E-state index is -0.629. The van der Waals surface area contributed by atoms with E-state index in [1.165, 1.54) is 12.1 Å². The van der Waals surface area contributed by atoms with Crippen LogP contribution in [0.1, 0.15) is 30.6 Å². The summed E-state index contributed by atoms with van der Waals surface area (Å²) < 4.78 is 15.1. The quantitative estimate of drug-likeness (QED) is 0.675. The summed E-state index contributed by atoms with van der Waals surface area (Å²) in [5, 5.41) is 20.4. The van der Waals surface area contributed by atoms with Gasteiger partial charge < -0.3 is 9.67 Å². The average Bonchev–Trinajstić information content (AvgIpc) is 2.85. The zero-order valence-corrected chi connectivity index (χ0v) is 11.0. The Morgan fingerprint density at radius 3 is 2.85 bits per heavy atom. The first-order chi connectivity index (χ1) is 9.49. The Kier molecular flexibility index (Phi) is 4.14. The summed E-state index contributed by atoms with van der Waals surface area (Å²) >= 11 is 0. The maximum absolute atomic E-state index is 13.3. The first kappa shape index (κ1) is 14.2. The molecule has 1 aromatic carbocycles. The summed E-state index contributed by atoms with van der Waals surface area (Å²) in [6.07, 6.45) is 3.59. The number of aromatic nitrogens is 1. The number of nitrogens with zero attached hydrogens (tertiary/aromatic N) is 2. The first-order valence-corrected chi connectivity index (χ1v) is 6.27. The fraction of sp³-hybridized carbons (Fsp3) is 0.286. The Morgan fingerprint density at radius 1 is 1.45 bits per heavy atom. The van der Waals surface area contributed by atoms with Crippen molar-refractivity contribution in [3.63, 3.8) is 0 Å². The van der Waals surface area contributed by atoms with E-state index in [-0.39, 0.29) is 5.69 Å². The Balaban J connectivity index is 2.21. The molecule has 0 aliphatic carbocycles. The van der Waals surface area contributed by atoms with Gasteiger partial charge in [0.15, 0.2) is 0 Å². The number of aliphatic hydroxyl groups is 1. The van der Waals surface area contributed by atoms with Crippen molar-refractivity contribution in [1.29, 1.82) is 0 Å². The van der Waals surface area contributed by atoms with Gasteiger partial charge in [-0.3, -0.25) is 10.1 Å². The van der Waals surface area contributed by atoms with Gasteiger partial charge in [-0.2, -0.15) is 0 Å². The topological polar surface area (TPSA) is 68.3 Å². The Bertz CT molecular complexity index is 625. The molecule has 1 N–H and O–H groups in total. The van der Waals surface area contributed by atoms with E-state index in [1.54, 1.807) is 23.0 Å². The van der Waals surface area contributed by atoms with E-state index in [4.69, 9.17) is 0 Å². The Morgan fingerprint density at radius 2 is 2.20 bits per heavy atom. The van der Waals surface area contributed by atoms with Gasteiger partial charge in [-0.15, -0.1) is 0 Å². The minimum absolute atomic E-state index is 0.263. The number of non-ortho nitro benzene ring substituents is 1. The molecule has 20 heavy (non-hydrogen) atoms. The van der Waals surface area contributed by atoms with E-state index in [0.717, 1.165) is 11.6 Å². The van der Waals surface area contributed by atoms with Crippen LogP contribution in [0, 0.1) is 15.9 Å². The van der Waals surface area contributed by atoms with Crippen LogP contribution in [0.4, 0.5) is 10.1 Å². The fourth-order valence-electron chi connectivity index (χ4n) is 2.03. The predicted octanol–water partition coefficient (Wildman–Crippen LogP) is 3.03. The molecular weight excluding hydrogens is 263 g/mol. The zero-order valence-electron chi connectivity index (χ0n) is 11.0. The molecule has 1 unspecified atom stereocenters. The van der Waals surface area contributed by atoms with E-state index in [1.807, 2.05) is 6.92 Å². The van der Waals surface area contributed by atoms with Crippen molar-refractivity contribution < 1.29 is 14.4 Å². The number of halogens is 1. The lowest BCUT2D eigenvalue weighted by Gasteiger charge is -2.05. The van der Waals surface area contributed by atoms with E-state index in [2.05, 4.69) is 0 Å². The summed E-state index contributed by atoms with van der Waals surface area (Å²) in [6.45, 7) is 2.19. The molecule has 1 heterocycles. The summed E-state index contributed by atoms with van der Waals surface area (Å²) in [4.78, 5) is 10.1. The van der Waals surface area contributed by atoms with Crippen LogP contribution < -0.4 is 0 Å². The monoisotopic (exact) mass is 278 g/mol. The number of nitro benzene ring substituents is 1. The van der Waals surface area contributed by atoms with Crippen molar-refractivity contribution in [3.05, 3.63) is 63.7 Å². The maximum atomic E-state index is 13.3. The van der Waals surface area contributed by atoms with Gasteiger partial charge in [0, 0.05) is 25.0 Å². The SMILES string of the molecule is CCC(O)c1ccn(Cc2cc(F)cc([N+](=O)[O-])c2)c1. The summed E-state index contributed by atoms with van der Waals surface area (Å²) in [5.41, 5.74) is 1.02. The van der Waals surface area contributed by atoms with Gasteiger partial charge in [0.05, 0.1) is 17.1 Å². The largest absolute Gasteiger partial charge is 0.388 e. The molecule has 106 valence electrons. The number of hydrogen-bond donors (Lipinski definition) is 1. The van der Waals surface area contributed by atoms with Crippen molar-refractivity contribution in [3.8, 4) is 0 Å². The van der Waals surface area contributed by atoms with Gasteiger partial charge in [-0.05, 0) is 29.7 Å². The Hall–Kier alpha value is -2.21. The summed E-state index contributed by atoms with van der Waals surface area (Å²) in [7, 11) is 0. The van der Waals surface area contributed by atoms with Gasteiger partial charge in [0.1, 0.15) is 5.82 Å². The molecule has 0 bridgehead atoms. The second kappa shape index (κ2) is 5.83. The first-order valence-electron chi connectivity index (χ1n) is 6.27. The molecule has 1 aromatic heterocycles. The number of rotatable bonds is 5. The molecular formula is C14H15FN2O3. The number of nitro groups is 1. The summed E-state index contributed by atoms with van der Waals surface area (Å²) in [6, 6.07) is 5.29. The van der Waals surface area contributed by atoms with Crippen molar-refractivity contribution >= 4 is 5.69 Å². The number of benzene rings is 1. The van der Waals surface area contributed by atoms with Crippen LogP contribution in [-0.2, 0) is 6.54 Å². The normalized spacial score (nSPS) is 12.3. The lowest BCUT2D eigenvalue weighted by molar-refractivity contribution is -0.385. The smallest absolute Gasteiger partial charge is 0.272 e. The molecule has 0 spiro atoms. The van der Waals surface area contributed by atoms with Crippen LogP contribution in [0.15, 0.2) is 36.7 Å². The molecule has 0 saturated heterocycles. The number of hydrogen-bond acceptors (Lipinski definition) is 3. The molecule has 1 atom stereocenters. The molecule has 0 aliphatic heterocycles. The van der Waals surface area contributed by atoms with Crippen molar-refractivity contribution in [2.24, 2.45) is 0 Å². The third-order valence-electron chi connectivity index (χ3n) is 3.06. The van der Waals surface area contributed by atoms with Crippen molar-refractivity contribution in [2.45, 2.75) is 26.0 Å². The van der Waals surface area contributed by atoms with Gasteiger partial charge in [0.2, 0.25) is 0 Å². The molecule has 5 nitrogen and oxygen atoms in total. The van der Waals surface area contributed by atoms with Crippen LogP contribution in [0.25, 0.3) is 0 Å². The molecule has 0 amide bonds. The van der Waals surface area contributed by atoms with Crippen LogP contribution >= 0.6 is 0 Å². The second-order valence-corrected chi connectivity index (χ2v) is 4.62. The van der Waals surface area contributed by atoms with Crippen molar-refractivity contribution in [1.82, 2.24) is 4.57 Å². The highest BCUT2D eigenvalue weighted by atomic mass is 19.1. The molecule has 0 aliphatic rings. The predicted molar refractivity (Wildman–Crippen MR) is 71.8 cm³/mol. The Labute approximate surface area is 115 Å². The lowest BCUT2D eigenvalue weighted by atomic mass is 10.1. The van der Waals surface area contributed by atoms with Gasteiger partial charge in [0.25, 0.3) is 5.69 Å². The van der Waals surface area contributed by atoms with Crippen LogP contribution in [0.2, 0.25) is 0 Å². The van der Waals surface area contributed by atoms with Gasteiger partial charge in [-0.1, -0.05) is 6.92 Å². The highest BCUT2D eigenvalue weighted by Crippen LogP contribution is 2.20. The number of aliphatic hydroxyl groups excluding tert-OH is 1. The summed E-state index contributed by atoms with van der Waals surface area (Å²) in [5.74, 6) is -0.629. The van der Waals surface area contributed by atoms with E-state index in [9.17, 15) is 19.6 Å². The highest BCUT2D eigenvalue weighted by Gasteiger charge is 2.11. The van der Waals surface area contributed by atoms with E-state index >= 15 is 0 Å². The maximum Gasteiger partial charge on any atom is 0.272 e. The highest BCUT2D eigenvalue weighted by molar-refractivity contribution is 5.35.